The first kappa shape index (κ1) is 27.2. The number of thioether (sulfide) groups is 1. The van der Waals surface area contributed by atoms with Gasteiger partial charge in [-0.25, -0.2) is 0 Å². The van der Waals surface area contributed by atoms with Crippen molar-refractivity contribution >= 4 is 82.7 Å². The van der Waals surface area contributed by atoms with Gasteiger partial charge in [-0.15, -0.1) is 0 Å². The zero-order valence-electron chi connectivity index (χ0n) is 20.0. The van der Waals surface area contributed by atoms with Crippen molar-refractivity contribution in [2.24, 2.45) is 0 Å². The van der Waals surface area contributed by atoms with E-state index < -0.39 is 11.1 Å². The average Bonchev–Trinajstić information content (AvgIpc) is 3.16. The zero-order chi connectivity index (χ0) is 26.8. The lowest BCUT2D eigenvalue weighted by Crippen LogP contribution is -2.44. The lowest BCUT2D eigenvalue weighted by atomic mass is 10.00. The van der Waals surface area contributed by atoms with E-state index in [0.29, 0.717) is 40.0 Å². The summed E-state index contributed by atoms with van der Waals surface area (Å²) in [4.78, 5) is 41.7. The van der Waals surface area contributed by atoms with Gasteiger partial charge in [0.05, 0.1) is 13.9 Å². The summed E-state index contributed by atoms with van der Waals surface area (Å²) in [5.74, 6) is -0.0683. The van der Waals surface area contributed by atoms with Crippen molar-refractivity contribution in [3.05, 3.63) is 101 Å². The first-order chi connectivity index (χ1) is 18.3. The Labute approximate surface area is 249 Å². The van der Waals surface area contributed by atoms with Crippen molar-refractivity contribution in [1.82, 2.24) is 9.80 Å². The minimum Gasteiger partial charge on any atom is -0.487 e. The van der Waals surface area contributed by atoms with Crippen molar-refractivity contribution < 1.29 is 19.1 Å². The van der Waals surface area contributed by atoms with E-state index in [-0.39, 0.29) is 17.4 Å². The summed E-state index contributed by atoms with van der Waals surface area (Å²) in [6.07, 6.45) is 2.41. The molecular weight excluding hydrogens is 700 g/mol. The van der Waals surface area contributed by atoms with Gasteiger partial charge < -0.3 is 9.64 Å². The summed E-state index contributed by atoms with van der Waals surface area (Å²) in [6.45, 7) is 1.18. The van der Waals surface area contributed by atoms with Crippen LogP contribution in [0, 0.1) is 0 Å². The Morgan fingerprint density at radius 3 is 2.37 bits per heavy atom. The highest BCUT2D eigenvalue weighted by atomic mass is 79.9. The van der Waals surface area contributed by atoms with Gasteiger partial charge in [0.2, 0.25) is 5.91 Å². The molecule has 1 saturated heterocycles. The molecule has 38 heavy (non-hydrogen) atoms. The van der Waals surface area contributed by atoms with Crippen LogP contribution in [0.4, 0.5) is 4.79 Å². The molecule has 194 valence electrons. The Bertz CT molecular complexity index is 1440. The topological polar surface area (TPSA) is 66.9 Å². The van der Waals surface area contributed by atoms with Gasteiger partial charge in [0, 0.05) is 17.6 Å². The third kappa shape index (κ3) is 6.09. The molecule has 3 aromatic carbocycles. The SMILES string of the molecule is O=C(CN1C(=O)S/C(=C\c2cc(Br)c(OCc3ccc(Br)cc3)c(Br)c2)C1=O)N1CCc2ccccc2C1. The minimum absolute atomic E-state index is 0.235. The Hall–Kier alpha value is -2.40. The van der Waals surface area contributed by atoms with Gasteiger partial charge in [-0.05, 0) is 103 Å². The zero-order valence-corrected chi connectivity index (χ0v) is 25.5. The van der Waals surface area contributed by atoms with Crippen molar-refractivity contribution in [2.75, 3.05) is 13.1 Å². The van der Waals surface area contributed by atoms with Crippen LogP contribution in [0.5, 0.6) is 5.75 Å². The van der Waals surface area contributed by atoms with Crippen LogP contribution >= 0.6 is 59.6 Å². The number of benzene rings is 3. The van der Waals surface area contributed by atoms with Crippen molar-refractivity contribution in [3.63, 3.8) is 0 Å². The van der Waals surface area contributed by atoms with Gasteiger partial charge in [0.25, 0.3) is 11.1 Å². The second kappa shape index (κ2) is 11.8. The van der Waals surface area contributed by atoms with Gasteiger partial charge in [-0.1, -0.05) is 52.3 Å². The van der Waals surface area contributed by atoms with Gasteiger partial charge in [-0.2, -0.15) is 0 Å². The molecule has 5 rings (SSSR count). The third-order valence-electron chi connectivity index (χ3n) is 6.27. The number of fused-ring (bicyclic) bond motifs is 1. The molecule has 2 heterocycles. The normalized spacial score (nSPS) is 16.2. The van der Waals surface area contributed by atoms with E-state index in [1.54, 1.807) is 11.0 Å². The number of hydrogen-bond acceptors (Lipinski definition) is 5. The van der Waals surface area contributed by atoms with Crippen LogP contribution in [0.15, 0.2) is 79.0 Å². The van der Waals surface area contributed by atoms with E-state index in [2.05, 4.69) is 53.9 Å². The summed E-state index contributed by atoms with van der Waals surface area (Å²) in [6, 6.07) is 19.5. The standard InChI is InChI=1S/C28H21Br3N2O4S/c29-21-7-5-17(6-8-21)16-37-26-22(30)11-18(12-23(26)31)13-24-27(35)33(28(36)38-24)15-25(34)32-10-9-19-3-1-2-4-20(19)14-32/h1-8,11-13H,9-10,14-16H2/b24-13-. The van der Waals surface area contributed by atoms with E-state index in [1.807, 2.05) is 54.6 Å². The van der Waals surface area contributed by atoms with Gasteiger partial charge in [-0.3, -0.25) is 19.3 Å². The summed E-state index contributed by atoms with van der Waals surface area (Å²) in [5.41, 5.74) is 4.06. The number of carbonyl (C=O) groups is 3. The number of carbonyl (C=O) groups excluding carboxylic acids is 3. The largest absolute Gasteiger partial charge is 0.487 e. The molecule has 1 fully saturated rings. The van der Waals surface area contributed by atoms with Crippen LogP contribution in [0.25, 0.3) is 6.08 Å². The molecule has 10 heteroatoms. The van der Waals surface area contributed by atoms with E-state index in [4.69, 9.17) is 4.74 Å². The smallest absolute Gasteiger partial charge is 0.294 e. The fraction of sp³-hybridized carbons (Fsp3) is 0.179. The quantitative estimate of drug-likeness (QED) is 0.253. The van der Waals surface area contributed by atoms with E-state index in [1.165, 1.54) is 5.56 Å². The third-order valence-corrected chi connectivity index (χ3v) is 8.88. The Kier molecular flexibility index (Phi) is 8.42. The molecule has 0 saturated carbocycles. The molecule has 2 aliphatic rings. The molecule has 0 bridgehead atoms. The molecule has 0 atom stereocenters. The molecule has 0 spiro atoms. The molecule has 6 nitrogen and oxygen atoms in total. The van der Waals surface area contributed by atoms with Crippen LogP contribution in [-0.4, -0.2) is 39.9 Å². The summed E-state index contributed by atoms with van der Waals surface area (Å²) < 4.78 is 8.40. The number of amides is 3. The van der Waals surface area contributed by atoms with Gasteiger partial charge in [0.1, 0.15) is 18.9 Å². The number of hydrogen-bond donors (Lipinski definition) is 0. The number of imide groups is 1. The van der Waals surface area contributed by atoms with Crippen LogP contribution in [0.3, 0.4) is 0 Å². The second-order valence-corrected chi connectivity index (χ2v) is 12.4. The molecule has 0 aromatic heterocycles. The number of halogens is 3. The van der Waals surface area contributed by atoms with Crippen LogP contribution in [0.2, 0.25) is 0 Å². The monoisotopic (exact) mass is 718 g/mol. The maximum absolute atomic E-state index is 13.1. The minimum atomic E-state index is -0.464. The Balaban J connectivity index is 1.25. The van der Waals surface area contributed by atoms with Crippen LogP contribution in [0.1, 0.15) is 22.3 Å². The predicted molar refractivity (Wildman–Crippen MR) is 159 cm³/mol. The van der Waals surface area contributed by atoms with Crippen LogP contribution < -0.4 is 4.74 Å². The number of ether oxygens (including phenoxy) is 1. The van der Waals surface area contributed by atoms with Crippen molar-refractivity contribution in [2.45, 2.75) is 19.6 Å². The fourth-order valence-corrected chi connectivity index (χ4v) is 6.82. The molecule has 3 aromatic rings. The maximum atomic E-state index is 13.1. The number of nitrogens with zero attached hydrogens (tertiary/aromatic N) is 2. The Morgan fingerprint density at radius 1 is 0.974 bits per heavy atom. The first-order valence-electron chi connectivity index (χ1n) is 11.7. The molecule has 0 radical (unpaired) electrons. The predicted octanol–water partition coefficient (Wildman–Crippen LogP) is 7.17. The fourth-order valence-electron chi connectivity index (χ4n) is 4.27. The van der Waals surface area contributed by atoms with E-state index in [0.717, 1.165) is 38.7 Å². The molecule has 0 N–H and O–H groups in total. The molecule has 3 amide bonds. The molecule has 0 unspecified atom stereocenters. The summed E-state index contributed by atoms with van der Waals surface area (Å²) in [5, 5.41) is -0.445. The highest BCUT2D eigenvalue weighted by Crippen LogP contribution is 2.38. The molecular formula is C28H21Br3N2O4S. The van der Waals surface area contributed by atoms with Crippen molar-refractivity contribution in [1.29, 1.82) is 0 Å². The number of rotatable bonds is 6. The second-order valence-electron chi connectivity index (χ2n) is 8.83. The average molecular weight is 721 g/mol. The summed E-state index contributed by atoms with van der Waals surface area (Å²) in [7, 11) is 0. The van der Waals surface area contributed by atoms with E-state index >= 15 is 0 Å². The Morgan fingerprint density at radius 2 is 1.66 bits per heavy atom. The lowest BCUT2D eigenvalue weighted by molar-refractivity contribution is -0.136. The van der Waals surface area contributed by atoms with Gasteiger partial charge >= 0.3 is 0 Å². The highest BCUT2D eigenvalue weighted by Gasteiger charge is 2.37. The molecule has 2 aliphatic heterocycles. The van der Waals surface area contributed by atoms with Gasteiger partial charge in [0.15, 0.2) is 0 Å². The first-order valence-corrected chi connectivity index (χ1v) is 14.9. The maximum Gasteiger partial charge on any atom is 0.294 e. The van der Waals surface area contributed by atoms with Crippen LogP contribution in [-0.2, 0) is 29.2 Å². The van der Waals surface area contributed by atoms with Crippen molar-refractivity contribution in [3.8, 4) is 5.75 Å². The van der Waals surface area contributed by atoms with E-state index in [9.17, 15) is 14.4 Å². The molecule has 0 aliphatic carbocycles. The lowest BCUT2D eigenvalue weighted by Gasteiger charge is -2.29. The highest BCUT2D eigenvalue weighted by molar-refractivity contribution is 9.11. The summed E-state index contributed by atoms with van der Waals surface area (Å²) >= 11 is 11.4.